The molecule has 162 valence electrons. The number of carbonyl (C=O) groups is 2. The van der Waals surface area contributed by atoms with Crippen LogP contribution in [-0.4, -0.2) is 89.6 Å². The maximum Gasteiger partial charge on any atom is 0.257 e. The van der Waals surface area contributed by atoms with E-state index in [0.29, 0.717) is 49.8 Å². The fraction of sp³-hybridized carbons (Fsp3) is 0.476. The Hall–Kier alpha value is -2.58. The standard InChI is InChI=1S/C21H28ClN5O3/c1-15-18(13-23-24-15)20(28)27-11-10-25(2)19(14-27)21(29)26(3)9-4-12-30-17-7-5-16(22)6-8-17/h5-8,13,19H,4,9-12,14H2,1-3H3,(H,23,24)/t19-/m1/s1. The van der Waals surface area contributed by atoms with Crippen molar-refractivity contribution in [1.29, 1.82) is 0 Å². The zero-order chi connectivity index (χ0) is 21.7. The Balaban J connectivity index is 1.50. The zero-order valence-corrected chi connectivity index (χ0v) is 18.4. The van der Waals surface area contributed by atoms with E-state index in [0.717, 1.165) is 11.4 Å². The van der Waals surface area contributed by atoms with Crippen LogP contribution >= 0.6 is 11.6 Å². The number of H-pyrrole nitrogens is 1. The lowest BCUT2D eigenvalue weighted by atomic mass is 10.1. The van der Waals surface area contributed by atoms with Gasteiger partial charge in [0, 0.05) is 43.9 Å². The minimum Gasteiger partial charge on any atom is -0.494 e. The number of nitrogens with one attached hydrogen (secondary N) is 1. The smallest absolute Gasteiger partial charge is 0.257 e. The highest BCUT2D eigenvalue weighted by Gasteiger charge is 2.34. The maximum absolute atomic E-state index is 13.0. The van der Waals surface area contributed by atoms with Gasteiger partial charge in [-0.1, -0.05) is 11.6 Å². The second kappa shape index (κ2) is 9.95. The van der Waals surface area contributed by atoms with Gasteiger partial charge >= 0.3 is 0 Å². The molecule has 9 heteroatoms. The first-order chi connectivity index (χ1) is 14.4. The van der Waals surface area contributed by atoms with Crippen molar-refractivity contribution in [2.75, 3.05) is 46.9 Å². The van der Waals surface area contributed by atoms with Crippen molar-refractivity contribution in [3.63, 3.8) is 0 Å². The molecule has 2 amide bonds. The lowest BCUT2D eigenvalue weighted by molar-refractivity contribution is -0.137. The fourth-order valence-corrected chi connectivity index (χ4v) is 3.57. The van der Waals surface area contributed by atoms with Crippen LogP contribution in [-0.2, 0) is 4.79 Å². The summed E-state index contributed by atoms with van der Waals surface area (Å²) in [6.07, 6.45) is 2.25. The molecule has 3 rings (SSSR count). The quantitative estimate of drug-likeness (QED) is 0.676. The van der Waals surface area contributed by atoms with E-state index in [2.05, 4.69) is 10.2 Å². The fourth-order valence-electron chi connectivity index (χ4n) is 3.45. The molecule has 0 bridgehead atoms. The maximum atomic E-state index is 13.0. The first-order valence-corrected chi connectivity index (χ1v) is 10.4. The van der Waals surface area contributed by atoms with E-state index >= 15 is 0 Å². The molecule has 2 aromatic rings. The normalized spacial score (nSPS) is 17.1. The van der Waals surface area contributed by atoms with Crippen molar-refractivity contribution in [3.8, 4) is 5.75 Å². The van der Waals surface area contributed by atoms with E-state index in [1.54, 1.807) is 35.2 Å². The molecule has 1 fully saturated rings. The van der Waals surface area contributed by atoms with Gasteiger partial charge in [0.05, 0.1) is 18.4 Å². The van der Waals surface area contributed by atoms with Crippen LogP contribution in [0.1, 0.15) is 22.5 Å². The van der Waals surface area contributed by atoms with E-state index in [4.69, 9.17) is 16.3 Å². The Morgan fingerprint density at radius 2 is 2.03 bits per heavy atom. The lowest BCUT2D eigenvalue weighted by Crippen LogP contribution is -2.59. The number of likely N-dealkylation sites (N-methyl/N-ethyl adjacent to an activating group) is 2. The van der Waals surface area contributed by atoms with Crippen LogP contribution < -0.4 is 4.74 Å². The second-order valence-corrected chi connectivity index (χ2v) is 8.01. The molecule has 0 unspecified atom stereocenters. The molecule has 30 heavy (non-hydrogen) atoms. The molecule has 1 N–H and O–H groups in total. The number of amides is 2. The molecule has 0 saturated carbocycles. The summed E-state index contributed by atoms with van der Waals surface area (Å²) >= 11 is 5.87. The SMILES string of the molecule is Cc1[nH]ncc1C(=O)N1CCN(C)[C@@H](C(=O)N(C)CCCOc2ccc(Cl)cc2)C1. The minimum atomic E-state index is -0.364. The van der Waals surface area contributed by atoms with Gasteiger partial charge < -0.3 is 14.5 Å². The highest BCUT2D eigenvalue weighted by Crippen LogP contribution is 2.17. The number of aryl methyl sites for hydroxylation is 1. The Kier molecular flexibility index (Phi) is 7.33. The van der Waals surface area contributed by atoms with Gasteiger partial charge in [-0.25, -0.2) is 0 Å². The molecule has 8 nitrogen and oxygen atoms in total. The van der Waals surface area contributed by atoms with Gasteiger partial charge in [-0.15, -0.1) is 0 Å². The highest BCUT2D eigenvalue weighted by atomic mass is 35.5. The Morgan fingerprint density at radius 1 is 1.30 bits per heavy atom. The van der Waals surface area contributed by atoms with Crippen molar-refractivity contribution in [1.82, 2.24) is 24.9 Å². The first-order valence-electron chi connectivity index (χ1n) is 9.99. The average Bonchev–Trinajstić information content (AvgIpc) is 3.17. The number of piperazine rings is 1. The van der Waals surface area contributed by atoms with Gasteiger partial charge in [0.2, 0.25) is 5.91 Å². The number of halogens is 1. The number of hydrogen-bond acceptors (Lipinski definition) is 5. The first kappa shape index (κ1) is 22.1. The molecular formula is C21H28ClN5O3. The van der Waals surface area contributed by atoms with E-state index < -0.39 is 0 Å². The van der Waals surface area contributed by atoms with Crippen molar-refractivity contribution in [2.24, 2.45) is 0 Å². The van der Waals surface area contributed by atoms with Crippen molar-refractivity contribution in [2.45, 2.75) is 19.4 Å². The summed E-state index contributed by atoms with van der Waals surface area (Å²) in [4.78, 5) is 31.2. The highest BCUT2D eigenvalue weighted by molar-refractivity contribution is 6.30. The van der Waals surface area contributed by atoms with Gasteiger partial charge in [-0.3, -0.25) is 19.6 Å². The summed E-state index contributed by atoms with van der Waals surface area (Å²) < 4.78 is 5.69. The van der Waals surface area contributed by atoms with E-state index in [1.165, 1.54) is 0 Å². The zero-order valence-electron chi connectivity index (χ0n) is 17.6. The van der Waals surface area contributed by atoms with Gasteiger partial charge in [-0.2, -0.15) is 5.10 Å². The van der Waals surface area contributed by atoms with Gasteiger partial charge in [0.1, 0.15) is 11.8 Å². The molecule has 2 heterocycles. The lowest BCUT2D eigenvalue weighted by Gasteiger charge is -2.40. The monoisotopic (exact) mass is 433 g/mol. The van der Waals surface area contributed by atoms with Crippen molar-refractivity contribution >= 4 is 23.4 Å². The summed E-state index contributed by atoms with van der Waals surface area (Å²) in [5.41, 5.74) is 1.29. The number of aromatic nitrogens is 2. The molecule has 1 atom stereocenters. The van der Waals surface area contributed by atoms with Gasteiger partial charge in [0.15, 0.2) is 0 Å². The number of ether oxygens (including phenoxy) is 1. The number of hydrogen-bond donors (Lipinski definition) is 1. The largest absolute Gasteiger partial charge is 0.494 e. The van der Waals surface area contributed by atoms with E-state index in [-0.39, 0.29) is 17.9 Å². The summed E-state index contributed by atoms with van der Waals surface area (Å²) in [6, 6.07) is 6.84. The van der Waals surface area contributed by atoms with Crippen LogP contribution in [0, 0.1) is 6.92 Å². The van der Waals surface area contributed by atoms with Crippen LogP contribution in [0.2, 0.25) is 5.02 Å². The van der Waals surface area contributed by atoms with Crippen molar-refractivity contribution < 1.29 is 14.3 Å². The summed E-state index contributed by atoms with van der Waals surface area (Å²) in [5.74, 6) is 0.667. The van der Waals surface area contributed by atoms with Gasteiger partial charge in [0.25, 0.3) is 5.91 Å². The number of carbonyl (C=O) groups excluding carboxylic acids is 2. The second-order valence-electron chi connectivity index (χ2n) is 7.57. The van der Waals surface area contributed by atoms with E-state index in [9.17, 15) is 9.59 Å². The molecule has 0 radical (unpaired) electrons. The third-order valence-electron chi connectivity index (χ3n) is 5.38. The number of rotatable bonds is 7. The Morgan fingerprint density at radius 3 is 2.70 bits per heavy atom. The molecule has 1 aromatic heterocycles. The average molecular weight is 434 g/mol. The van der Waals surface area contributed by atoms with Gasteiger partial charge in [-0.05, 0) is 44.7 Å². The molecule has 0 aliphatic carbocycles. The minimum absolute atomic E-state index is 0.00501. The summed E-state index contributed by atoms with van der Waals surface area (Å²) in [6.45, 7) is 4.49. The molecule has 1 aliphatic heterocycles. The van der Waals surface area contributed by atoms with Crippen molar-refractivity contribution in [3.05, 3.63) is 46.7 Å². The molecule has 1 aromatic carbocycles. The van der Waals surface area contributed by atoms with Crippen LogP contribution in [0.15, 0.2) is 30.5 Å². The van der Waals surface area contributed by atoms with Crippen LogP contribution in [0.5, 0.6) is 5.75 Å². The third-order valence-corrected chi connectivity index (χ3v) is 5.63. The number of nitrogens with zero attached hydrogens (tertiary/aromatic N) is 4. The predicted molar refractivity (Wildman–Crippen MR) is 115 cm³/mol. The molecule has 1 aliphatic rings. The van der Waals surface area contributed by atoms with Crippen LogP contribution in [0.4, 0.5) is 0 Å². The predicted octanol–water partition coefficient (Wildman–Crippen LogP) is 2.06. The van der Waals surface area contributed by atoms with Crippen LogP contribution in [0.3, 0.4) is 0 Å². The molecule has 1 saturated heterocycles. The topological polar surface area (TPSA) is 81.8 Å². The van der Waals surface area contributed by atoms with Crippen LogP contribution in [0.25, 0.3) is 0 Å². The Bertz CT molecular complexity index is 870. The Labute approximate surface area is 181 Å². The molecular weight excluding hydrogens is 406 g/mol. The summed E-state index contributed by atoms with van der Waals surface area (Å²) in [7, 11) is 3.71. The number of aromatic amines is 1. The molecule has 0 spiro atoms. The van der Waals surface area contributed by atoms with E-state index in [1.807, 2.05) is 31.0 Å². The number of benzene rings is 1. The third kappa shape index (κ3) is 5.31. The summed E-state index contributed by atoms with van der Waals surface area (Å²) in [5, 5.41) is 7.38.